The van der Waals surface area contributed by atoms with Crippen LogP contribution < -0.4 is 10.0 Å². The van der Waals surface area contributed by atoms with Crippen molar-refractivity contribution in [3.8, 4) is 0 Å². The third-order valence-electron chi connectivity index (χ3n) is 3.26. The number of ether oxygens (including phenoxy) is 1. The van der Waals surface area contributed by atoms with E-state index in [9.17, 15) is 13.2 Å². The fourth-order valence-electron chi connectivity index (χ4n) is 2.16. The Hall–Kier alpha value is -1.44. The molecule has 142 valence electrons. The molecule has 2 N–H and O–H groups in total. The molecule has 25 heavy (non-hydrogen) atoms. The summed E-state index contributed by atoms with van der Waals surface area (Å²) in [6.07, 6.45) is 0.863. The van der Waals surface area contributed by atoms with Crippen molar-refractivity contribution in [2.75, 3.05) is 13.2 Å². The van der Waals surface area contributed by atoms with Gasteiger partial charge < -0.3 is 10.1 Å². The highest BCUT2D eigenvalue weighted by Crippen LogP contribution is 2.17. The Bertz CT molecular complexity index is 692. The zero-order valence-electron chi connectivity index (χ0n) is 16.0. The summed E-state index contributed by atoms with van der Waals surface area (Å²) >= 11 is 0. The van der Waals surface area contributed by atoms with E-state index in [0.29, 0.717) is 25.1 Å². The smallest absolute Gasteiger partial charge is 0.251 e. The number of aryl methyl sites for hydroxylation is 1. The van der Waals surface area contributed by atoms with Gasteiger partial charge in [-0.3, -0.25) is 4.79 Å². The Morgan fingerprint density at radius 2 is 1.88 bits per heavy atom. The van der Waals surface area contributed by atoms with Crippen LogP contribution in [0.15, 0.2) is 23.1 Å². The molecule has 0 unspecified atom stereocenters. The van der Waals surface area contributed by atoms with Crippen LogP contribution in [-0.4, -0.2) is 39.1 Å². The van der Waals surface area contributed by atoms with Crippen molar-refractivity contribution in [3.63, 3.8) is 0 Å². The van der Waals surface area contributed by atoms with Crippen LogP contribution in [0.5, 0.6) is 0 Å². The number of hydrogen-bond acceptors (Lipinski definition) is 4. The van der Waals surface area contributed by atoms with E-state index in [0.717, 1.165) is 5.56 Å². The van der Waals surface area contributed by atoms with E-state index < -0.39 is 15.6 Å². The first-order chi connectivity index (χ1) is 11.4. The molecule has 0 spiro atoms. The summed E-state index contributed by atoms with van der Waals surface area (Å²) in [7, 11) is -3.68. The molecule has 1 aromatic rings. The second-order valence-corrected chi connectivity index (χ2v) is 9.04. The molecule has 0 aromatic heterocycles. The Balaban J connectivity index is 2.82. The van der Waals surface area contributed by atoms with E-state index in [2.05, 4.69) is 10.0 Å². The van der Waals surface area contributed by atoms with E-state index in [4.69, 9.17) is 4.74 Å². The lowest BCUT2D eigenvalue weighted by atomic mass is 10.1. The van der Waals surface area contributed by atoms with Crippen LogP contribution in [0.3, 0.4) is 0 Å². The molecule has 0 aliphatic rings. The topological polar surface area (TPSA) is 84.5 Å². The highest BCUT2D eigenvalue weighted by atomic mass is 32.2. The maximum absolute atomic E-state index is 12.4. The first-order valence-electron chi connectivity index (χ1n) is 8.47. The van der Waals surface area contributed by atoms with Gasteiger partial charge in [0.2, 0.25) is 10.0 Å². The zero-order valence-corrected chi connectivity index (χ0v) is 16.8. The molecule has 7 heteroatoms. The second kappa shape index (κ2) is 8.78. The van der Waals surface area contributed by atoms with Crippen molar-refractivity contribution < 1.29 is 17.9 Å². The summed E-state index contributed by atoms with van der Waals surface area (Å²) in [6, 6.07) is 4.58. The maximum Gasteiger partial charge on any atom is 0.251 e. The average molecular weight is 371 g/mol. The van der Waals surface area contributed by atoms with E-state index in [1.807, 2.05) is 13.8 Å². The van der Waals surface area contributed by atoms with E-state index in [1.165, 1.54) is 12.1 Å². The van der Waals surface area contributed by atoms with Gasteiger partial charge in [0.05, 0.1) is 11.0 Å². The zero-order chi connectivity index (χ0) is 19.3. The molecular weight excluding hydrogens is 340 g/mol. The minimum atomic E-state index is -3.68. The number of nitrogens with one attached hydrogen (secondary N) is 2. The Kier molecular flexibility index (Phi) is 7.59. The number of rotatable bonds is 8. The Morgan fingerprint density at radius 1 is 1.24 bits per heavy atom. The maximum atomic E-state index is 12.4. The SMILES string of the molecule is Cc1ccc(S(=O)(=O)NC(C)(C)C)cc1C(=O)NCCCOC(C)C. The van der Waals surface area contributed by atoms with Gasteiger partial charge in [0.1, 0.15) is 0 Å². The Morgan fingerprint density at radius 3 is 2.44 bits per heavy atom. The molecule has 0 radical (unpaired) electrons. The highest BCUT2D eigenvalue weighted by molar-refractivity contribution is 7.89. The van der Waals surface area contributed by atoms with Gasteiger partial charge in [-0.15, -0.1) is 0 Å². The molecule has 0 fully saturated rings. The van der Waals surface area contributed by atoms with Crippen molar-refractivity contribution in [2.24, 2.45) is 0 Å². The molecule has 0 aliphatic heterocycles. The number of carbonyl (C=O) groups is 1. The summed E-state index contributed by atoms with van der Waals surface area (Å²) in [5.74, 6) is -0.283. The van der Waals surface area contributed by atoms with E-state index >= 15 is 0 Å². The van der Waals surface area contributed by atoms with Gasteiger partial charge in [-0.1, -0.05) is 6.07 Å². The molecular formula is C18H30N2O4S. The second-order valence-electron chi connectivity index (χ2n) is 7.36. The van der Waals surface area contributed by atoms with Crippen molar-refractivity contribution >= 4 is 15.9 Å². The number of amides is 1. The van der Waals surface area contributed by atoms with Gasteiger partial charge in [-0.25, -0.2) is 13.1 Å². The molecule has 1 rings (SSSR count). The van der Waals surface area contributed by atoms with Crippen LogP contribution in [0.25, 0.3) is 0 Å². The van der Waals surface area contributed by atoms with Gasteiger partial charge >= 0.3 is 0 Å². The van der Waals surface area contributed by atoms with Gasteiger partial charge in [-0.2, -0.15) is 0 Å². The van der Waals surface area contributed by atoms with Crippen molar-refractivity contribution in [1.82, 2.24) is 10.0 Å². The van der Waals surface area contributed by atoms with Crippen molar-refractivity contribution in [1.29, 1.82) is 0 Å². The predicted octanol–water partition coefficient (Wildman–Crippen LogP) is 2.62. The van der Waals surface area contributed by atoms with Crippen LogP contribution in [0.4, 0.5) is 0 Å². The molecule has 6 nitrogen and oxygen atoms in total. The van der Waals surface area contributed by atoms with Crippen molar-refractivity contribution in [3.05, 3.63) is 29.3 Å². The first-order valence-corrected chi connectivity index (χ1v) is 9.95. The number of carbonyl (C=O) groups excluding carboxylic acids is 1. The van der Waals surface area contributed by atoms with Gasteiger partial charge in [0.15, 0.2) is 0 Å². The third-order valence-corrected chi connectivity index (χ3v) is 5.02. The summed E-state index contributed by atoms with van der Waals surface area (Å²) in [6.45, 7) is 12.1. The molecule has 0 heterocycles. The lowest BCUT2D eigenvalue weighted by molar-refractivity contribution is 0.0757. The number of hydrogen-bond donors (Lipinski definition) is 2. The lowest BCUT2D eigenvalue weighted by Gasteiger charge is -2.20. The fraction of sp³-hybridized carbons (Fsp3) is 0.611. The van der Waals surface area contributed by atoms with E-state index in [-0.39, 0.29) is 16.9 Å². The van der Waals surface area contributed by atoms with Crippen molar-refractivity contribution in [2.45, 2.75) is 64.5 Å². The average Bonchev–Trinajstić information content (AvgIpc) is 2.44. The monoisotopic (exact) mass is 370 g/mol. The van der Waals surface area contributed by atoms with Gasteiger partial charge in [-0.05, 0) is 65.7 Å². The largest absolute Gasteiger partial charge is 0.379 e. The molecule has 0 saturated heterocycles. The molecule has 1 aromatic carbocycles. The predicted molar refractivity (Wildman–Crippen MR) is 99.3 cm³/mol. The van der Waals surface area contributed by atoms with Crippen LogP contribution in [-0.2, 0) is 14.8 Å². The van der Waals surface area contributed by atoms with Crippen LogP contribution >= 0.6 is 0 Å². The first kappa shape index (κ1) is 21.6. The standard InChI is InChI=1S/C18H30N2O4S/c1-13(2)24-11-7-10-19-17(21)16-12-15(9-8-14(16)3)25(22,23)20-18(4,5)6/h8-9,12-13,20H,7,10-11H2,1-6H3,(H,19,21). The number of sulfonamides is 1. The summed E-state index contributed by atoms with van der Waals surface area (Å²) in [5.41, 5.74) is 0.495. The molecule has 0 saturated carbocycles. The van der Waals surface area contributed by atoms with Gasteiger partial charge in [0, 0.05) is 24.3 Å². The molecule has 0 bridgehead atoms. The molecule has 0 aliphatic carbocycles. The summed E-state index contributed by atoms with van der Waals surface area (Å²) < 4.78 is 32.9. The van der Waals surface area contributed by atoms with Crippen LogP contribution in [0.2, 0.25) is 0 Å². The number of benzene rings is 1. The fourth-order valence-corrected chi connectivity index (χ4v) is 3.61. The highest BCUT2D eigenvalue weighted by Gasteiger charge is 2.23. The normalized spacial score (nSPS) is 12.4. The molecule has 0 atom stereocenters. The summed E-state index contributed by atoms with van der Waals surface area (Å²) in [4.78, 5) is 12.4. The lowest BCUT2D eigenvalue weighted by Crippen LogP contribution is -2.40. The minimum absolute atomic E-state index is 0.0846. The van der Waals surface area contributed by atoms with Gasteiger partial charge in [0.25, 0.3) is 5.91 Å². The Labute approximate surface area is 151 Å². The third kappa shape index (κ3) is 7.54. The minimum Gasteiger partial charge on any atom is -0.379 e. The summed E-state index contributed by atoms with van der Waals surface area (Å²) in [5, 5.41) is 2.81. The quantitative estimate of drug-likeness (QED) is 0.689. The van der Waals surface area contributed by atoms with E-state index in [1.54, 1.807) is 33.8 Å². The van der Waals surface area contributed by atoms with Crippen LogP contribution in [0.1, 0.15) is 57.0 Å². The van der Waals surface area contributed by atoms with Crippen LogP contribution in [0, 0.1) is 6.92 Å². The molecule has 1 amide bonds.